The molecular weight excluding hydrogens is 502 g/mol. The third-order valence-electron chi connectivity index (χ3n) is 10.7. The number of nitrogens with zero attached hydrogens (tertiary/aromatic N) is 5. The minimum absolute atomic E-state index is 0.0661. The van der Waals surface area contributed by atoms with Crippen LogP contribution in [0.5, 0.6) is 5.75 Å². The lowest BCUT2D eigenvalue weighted by Crippen LogP contribution is -2.56. The fourth-order valence-corrected chi connectivity index (χ4v) is 7.98. The highest BCUT2D eigenvalue weighted by Crippen LogP contribution is 2.48. The molecule has 4 aliphatic heterocycles. The van der Waals surface area contributed by atoms with Crippen LogP contribution >= 0.6 is 0 Å². The van der Waals surface area contributed by atoms with Gasteiger partial charge in [0.25, 0.3) is 5.91 Å². The second-order valence-corrected chi connectivity index (χ2v) is 13.1. The number of amides is 1. The molecule has 1 aromatic heterocycles. The Morgan fingerprint density at radius 1 is 1.00 bits per heavy atom. The number of piperidine rings is 3. The van der Waals surface area contributed by atoms with Crippen LogP contribution in [0.4, 0.5) is 0 Å². The maximum atomic E-state index is 12.9. The summed E-state index contributed by atoms with van der Waals surface area (Å²) in [6.07, 6.45) is 14.3. The van der Waals surface area contributed by atoms with Crippen molar-refractivity contribution >= 4 is 5.91 Å². The van der Waals surface area contributed by atoms with Crippen LogP contribution in [0.2, 0.25) is 0 Å². The molecule has 1 amide bonds. The Kier molecular flexibility index (Phi) is 10.3. The van der Waals surface area contributed by atoms with E-state index in [1.807, 2.05) is 18.7 Å². The van der Waals surface area contributed by atoms with E-state index < -0.39 is 0 Å². The lowest BCUT2D eigenvalue weighted by molar-refractivity contribution is -0.135. The van der Waals surface area contributed by atoms with Gasteiger partial charge in [-0.25, -0.2) is 9.97 Å². The van der Waals surface area contributed by atoms with Crippen LogP contribution in [0, 0.1) is 31.1 Å². The summed E-state index contributed by atoms with van der Waals surface area (Å²) in [4.78, 5) is 28.9. The van der Waals surface area contributed by atoms with Crippen LogP contribution < -0.4 is 4.74 Å². The number of carbonyl (C=O) groups excluding carboxylic acids is 1. The average Bonchev–Trinajstić information content (AvgIpc) is 2.98. The molecule has 0 bridgehead atoms. The van der Waals surface area contributed by atoms with Crippen molar-refractivity contribution in [2.24, 2.45) is 17.3 Å². The van der Waals surface area contributed by atoms with Crippen LogP contribution in [-0.2, 0) is 9.53 Å². The molecule has 0 N–H and O–H groups in total. The van der Waals surface area contributed by atoms with Gasteiger partial charge in [-0.15, -0.1) is 0 Å². The Morgan fingerprint density at radius 3 is 2.35 bits per heavy atom. The number of aromatic nitrogens is 2. The highest BCUT2D eigenvalue weighted by atomic mass is 16.5. The van der Waals surface area contributed by atoms with Gasteiger partial charge < -0.3 is 24.2 Å². The highest BCUT2D eigenvalue weighted by Gasteiger charge is 2.45. The maximum Gasteiger partial charge on any atom is 0.260 e. The number of unbranched alkanes of at least 4 members (excludes halogenated alkanes) is 1. The standard InChI is InChI=1S/C32H53N5O3/c1-4-5-6-28-22-35(21-27-9-19-39-20-10-27)16-11-32(28)12-17-36(18-13-32)29-7-14-37(15-8-29)30(38)23-40-31-25(2)33-24-34-26(31)3/h24,27-29H,4-23H2,1-3H3. The predicted molar refractivity (Wildman–Crippen MR) is 157 cm³/mol. The van der Waals surface area contributed by atoms with Crippen LogP contribution in [0.1, 0.15) is 82.5 Å². The molecule has 8 heteroatoms. The van der Waals surface area contributed by atoms with Gasteiger partial charge in [0.1, 0.15) is 6.33 Å². The van der Waals surface area contributed by atoms with E-state index in [9.17, 15) is 4.79 Å². The Hall–Kier alpha value is -1.77. The molecule has 1 aromatic rings. The predicted octanol–water partition coefficient (Wildman–Crippen LogP) is 4.48. The van der Waals surface area contributed by atoms with E-state index >= 15 is 0 Å². The van der Waals surface area contributed by atoms with Gasteiger partial charge in [-0.1, -0.05) is 19.8 Å². The average molecular weight is 556 g/mol. The molecule has 1 atom stereocenters. The van der Waals surface area contributed by atoms with E-state index in [0.29, 0.717) is 17.2 Å². The third-order valence-corrected chi connectivity index (χ3v) is 10.7. The number of rotatable bonds is 9. The topological polar surface area (TPSA) is 71.0 Å². The normalized spacial score (nSPS) is 25.4. The first-order valence-corrected chi connectivity index (χ1v) is 16.2. The van der Waals surface area contributed by atoms with Gasteiger partial charge in [-0.05, 0) is 102 Å². The zero-order valence-electron chi connectivity index (χ0n) is 25.4. The van der Waals surface area contributed by atoms with Crippen molar-refractivity contribution in [3.8, 4) is 5.75 Å². The summed E-state index contributed by atoms with van der Waals surface area (Å²) in [7, 11) is 0. The molecule has 0 radical (unpaired) electrons. The summed E-state index contributed by atoms with van der Waals surface area (Å²) in [5.74, 6) is 2.40. The van der Waals surface area contributed by atoms with Gasteiger partial charge in [0, 0.05) is 45.4 Å². The van der Waals surface area contributed by atoms with Crippen LogP contribution in [0.25, 0.3) is 0 Å². The molecule has 40 heavy (non-hydrogen) atoms. The molecule has 5 rings (SSSR count). The summed E-state index contributed by atoms with van der Waals surface area (Å²) in [6, 6.07) is 0.608. The van der Waals surface area contributed by atoms with Gasteiger partial charge in [0.2, 0.25) is 0 Å². The number of hydrogen-bond donors (Lipinski definition) is 0. The fraction of sp³-hybridized carbons (Fsp3) is 0.844. The van der Waals surface area contributed by atoms with E-state index in [1.54, 1.807) is 0 Å². The molecular formula is C32H53N5O3. The maximum absolute atomic E-state index is 12.9. The lowest BCUT2D eigenvalue weighted by atomic mass is 9.63. The SMILES string of the molecule is CCCCC1CN(CC2CCOCC2)CCC12CCN(C1CCN(C(=O)COc3c(C)ncnc3C)CC1)CC2. The molecule has 1 spiro atoms. The van der Waals surface area contributed by atoms with Crippen molar-refractivity contribution in [3.05, 3.63) is 17.7 Å². The van der Waals surface area contributed by atoms with E-state index in [0.717, 1.165) is 62.4 Å². The smallest absolute Gasteiger partial charge is 0.260 e. The van der Waals surface area contributed by atoms with Crippen LogP contribution in [-0.4, -0.2) is 102 Å². The molecule has 0 aliphatic carbocycles. The van der Waals surface area contributed by atoms with E-state index in [1.165, 1.54) is 90.4 Å². The molecule has 4 aliphatic rings. The zero-order valence-corrected chi connectivity index (χ0v) is 25.4. The second kappa shape index (κ2) is 13.9. The summed E-state index contributed by atoms with van der Waals surface area (Å²) in [5, 5.41) is 0. The second-order valence-electron chi connectivity index (χ2n) is 13.1. The van der Waals surface area contributed by atoms with Crippen molar-refractivity contribution in [1.82, 2.24) is 24.7 Å². The first-order valence-electron chi connectivity index (χ1n) is 16.2. The molecule has 0 saturated carbocycles. The Morgan fingerprint density at radius 2 is 1.68 bits per heavy atom. The number of likely N-dealkylation sites (tertiary alicyclic amines) is 3. The first-order chi connectivity index (χ1) is 19.5. The van der Waals surface area contributed by atoms with Crippen LogP contribution in [0.15, 0.2) is 6.33 Å². The highest BCUT2D eigenvalue weighted by molar-refractivity contribution is 5.78. The summed E-state index contributed by atoms with van der Waals surface area (Å²) >= 11 is 0. The monoisotopic (exact) mass is 555 g/mol. The molecule has 1 unspecified atom stereocenters. The summed E-state index contributed by atoms with van der Waals surface area (Å²) in [6.45, 7) is 16.1. The van der Waals surface area contributed by atoms with Crippen LogP contribution in [0.3, 0.4) is 0 Å². The first kappa shape index (κ1) is 29.7. The molecule has 5 heterocycles. The summed E-state index contributed by atoms with van der Waals surface area (Å²) in [5.41, 5.74) is 2.11. The number of carbonyl (C=O) groups is 1. The Bertz CT molecular complexity index is 932. The minimum atomic E-state index is 0.0661. The van der Waals surface area contributed by atoms with Gasteiger partial charge in [0.15, 0.2) is 12.4 Å². The van der Waals surface area contributed by atoms with E-state index in [-0.39, 0.29) is 12.5 Å². The third kappa shape index (κ3) is 7.16. The van der Waals surface area contributed by atoms with Crippen molar-refractivity contribution in [2.45, 2.75) is 91.0 Å². The Balaban J connectivity index is 1.08. The molecule has 4 fully saturated rings. The molecule has 8 nitrogen and oxygen atoms in total. The number of hydrogen-bond acceptors (Lipinski definition) is 7. The van der Waals surface area contributed by atoms with Gasteiger partial charge in [0.05, 0.1) is 11.4 Å². The van der Waals surface area contributed by atoms with Gasteiger partial charge in [-0.2, -0.15) is 0 Å². The quantitative estimate of drug-likeness (QED) is 0.445. The minimum Gasteiger partial charge on any atom is -0.480 e. The van der Waals surface area contributed by atoms with E-state index in [4.69, 9.17) is 9.47 Å². The molecule has 224 valence electrons. The van der Waals surface area contributed by atoms with Crippen molar-refractivity contribution < 1.29 is 14.3 Å². The molecule has 0 aromatic carbocycles. The Labute approximate surface area is 242 Å². The zero-order chi connectivity index (χ0) is 28.0. The lowest BCUT2D eigenvalue weighted by Gasteiger charge is -2.54. The largest absolute Gasteiger partial charge is 0.480 e. The molecule has 4 saturated heterocycles. The van der Waals surface area contributed by atoms with Gasteiger partial charge in [-0.3, -0.25) is 4.79 Å². The number of ether oxygens (including phenoxy) is 2. The van der Waals surface area contributed by atoms with E-state index in [2.05, 4.69) is 26.7 Å². The van der Waals surface area contributed by atoms with Gasteiger partial charge >= 0.3 is 0 Å². The fourth-order valence-electron chi connectivity index (χ4n) is 7.98. The van der Waals surface area contributed by atoms with Crippen molar-refractivity contribution in [2.75, 3.05) is 65.6 Å². The van der Waals surface area contributed by atoms with Crippen molar-refractivity contribution in [1.29, 1.82) is 0 Å². The van der Waals surface area contributed by atoms with Crippen molar-refractivity contribution in [3.63, 3.8) is 0 Å². The number of aryl methyl sites for hydroxylation is 2. The summed E-state index contributed by atoms with van der Waals surface area (Å²) < 4.78 is 11.5.